The number of benzene rings is 2. The number of halogens is 1. The van der Waals surface area contributed by atoms with Crippen LogP contribution in [0.3, 0.4) is 0 Å². The van der Waals surface area contributed by atoms with Crippen LogP contribution in [0.1, 0.15) is 30.5 Å². The van der Waals surface area contributed by atoms with Crippen molar-refractivity contribution in [2.75, 3.05) is 7.05 Å². The second-order valence-electron chi connectivity index (χ2n) is 6.62. The van der Waals surface area contributed by atoms with Crippen molar-refractivity contribution >= 4 is 61.9 Å². The molecule has 3 aromatic rings. The summed E-state index contributed by atoms with van der Waals surface area (Å²) >= 11 is 8.27. The molecule has 1 aliphatic rings. The number of fused-ring (bicyclic) bond motifs is 3. The summed E-state index contributed by atoms with van der Waals surface area (Å²) < 4.78 is 6.94. The summed E-state index contributed by atoms with van der Waals surface area (Å²) in [5.74, 6) is 5.94. The summed E-state index contributed by atoms with van der Waals surface area (Å²) in [6.45, 7) is 1.82. The molecule has 1 N–H and O–H groups in total. The van der Waals surface area contributed by atoms with Gasteiger partial charge in [0.2, 0.25) is 0 Å². The molecule has 0 spiro atoms. The number of thiophene rings is 1. The molecule has 1 atom stereocenters. The van der Waals surface area contributed by atoms with Gasteiger partial charge in [0.05, 0.1) is 0 Å². The second-order valence-corrected chi connectivity index (χ2v) is 8.11. The number of rotatable bonds is 2. The van der Waals surface area contributed by atoms with E-state index in [0.717, 1.165) is 31.3 Å². The zero-order chi connectivity index (χ0) is 20.5. The average molecular weight is 420 g/mol. The molecule has 2 aromatic carbocycles. The number of carbonyl (C=O) groups excluding carboxylic acids is 1. The van der Waals surface area contributed by atoms with Crippen molar-refractivity contribution in [3.05, 3.63) is 46.5 Å². The van der Waals surface area contributed by atoms with Crippen LogP contribution in [0.5, 0.6) is 0 Å². The van der Waals surface area contributed by atoms with Crippen LogP contribution in [0.2, 0.25) is 5.02 Å². The molecule has 1 amide bonds. The van der Waals surface area contributed by atoms with Gasteiger partial charge in [0.1, 0.15) is 0 Å². The molecule has 0 saturated carbocycles. The molecule has 8 heteroatoms. The molecule has 1 fully saturated rings. The Balaban J connectivity index is 1.82. The Bertz CT molecular complexity index is 1280. The van der Waals surface area contributed by atoms with Crippen molar-refractivity contribution < 1.29 is 9.45 Å². The Kier molecular flexibility index (Phi) is 5.19. The molecule has 1 aliphatic heterocycles. The maximum absolute atomic E-state index is 12.5. The van der Waals surface area contributed by atoms with Gasteiger partial charge in [-0.3, -0.25) is 0 Å². The summed E-state index contributed by atoms with van der Waals surface area (Å²) in [4.78, 5) is 13.9. The van der Waals surface area contributed by atoms with Gasteiger partial charge in [-0.1, -0.05) is 0 Å². The van der Waals surface area contributed by atoms with E-state index in [9.17, 15) is 4.79 Å². The van der Waals surface area contributed by atoms with Crippen molar-refractivity contribution in [3.8, 4) is 18.1 Å². The molecule has 4 rings (SSSR count). The van der Waals surface area contributed by atoms with Crippen LogP contribution < -0.4 is 5.32 Å². The first kappa shape index (κ1) is 19.3. The summed E-state index contributed by atoms with van der Waals surface area (Å²) in [6.07, 6.45) is 1.83. The van der Waals surface area contributed by atoms with Crippen molar-refractivity contribution in [1.82, 2.24) is 10.2 Å². The van der Waals surface area contributed by atoms with E-state index in [0.29, 0.717) is 10.7 Å². The van der Waals surface area contributed by atoms with Crippen LogP contribution in [-0.2, 0) is 9.45 Å². The SMILES string of the molecule is CC#Cc1ccc2sc3cc(Cl)c(C4CC(=O)N(C)C(=BOC#N)N4)cc3c2c1. The first-order valence-electron chi connectivity index (χ1n) is 8.88. The number of nitrogens with one attached hydrogen (secondary N) is 1. The third-order valence-electron chi connectivity index (χ3n) is 4.89. The zero-order valence-electron chi connectivity index (χ0n) is 15.7. The summed E-state index contributed by atoms with van der Waals surface area (Å²) in [6, 6.07) is 9.84. The predicted octanol–water partition coefficient (Wildman–Crippen LogP) is 3.78. The molecule has 2 heterocycles. The first-order valence-corrected chi connectivity index (χ1v) is 10.1. The molecule has 0 radical (unpaired) electrons. The van der Waals surface area contributed by atoms with E-state index in [2.05, 4.69) is 29.3 Å². The van der Waals surface area contributed by atoms with Crippen molar-refractivity contribution in [1.29, 1.82) is 5.26 Å². The van der Waals surface area contributed by atoms with Gasteiger partial charge >= 0.3 is 178 Å². The van der Waals surface area contributed by atoms with Crippen LogP contribution in [0, 0.1) is 23.4 Å². The molecule has 1 saturated heterocycles. The van der Waals surface area contributed by atoms with Crippen molar-refractivity contribution in [2.45, 2.75) is 19.4 Å². The Morgan fingerprint density at radius 3 is 2.86 bits per heavy atom. The quantitative estimate of drug-likeness (QED) is 0.390. The van der Waals surface area contributed by atoms with Gasteiger partial charge in [0, 0.05) is 0 Å². The normalized spacial score (nSPS) is 17.4. The first-order chi connectivity index (χ1) is 14.0. The average Bonchev–Trinajstić information content (AvgIpc) is 3.05. The van der Waals surface area contributed by atoms with Gasteiger partial charge in [-0.05, 0) is 0 Å². The Labute approximate surface area is 177 Å². The molecular weight excluding hydrogens is 405 g/mol. The number of nitriles is 1. The molecule has 29 heavy (non-hydrogen) atoms. The molecule has 1 unspecified atom stereocenters. The molecule has 5 nitrogen and oxygen atoms in total. The molecule has 1 aromatic heterocycles. The Hall–Kier alpha value is -3.00. The fourth-order valence-electron chi connectivity index (χ4n) is 3.46. The Morgan fingerprint density at radius 2 is 2.10 bits per heavy atom. The molecule has 0 bridgehead atoms. The van der Waals surface area contributed by atoms with Crippen molar-refractivity contribution in [2.24, 2.45) is 0 Å². The van der Waals surface area contributed by atoms with Crippen LogP contribution in [-0.4, -0.2) is 30.7 Å². The number of hydrogen-bond donors (Lipinski definition) is 1. The van der Waals surface area contributed by atoms with E-state index in [1.165, 1.54) is 12.0 Å². The standard InChI is InChI=1S/C21H15BClN3O2S/c1-3-4-12-5-6-18-13(7-12)14-8-15(16(23)9-19(14)29-18)17-10-20(27)26(2)21(25-17)22-28-11-24/h5-9,17,25H,10H2,1-2H3. The van der Waals surface area contributed by atoms with E-state index in [4.69, 9.17) is 21.5 Å². The van der Waals surface area contributed by atoms with Crippen LogP contribution in [0.15, 0.2) is 30.3 Å². The van der Waals surface area contributed by atoms with E-state index in [1.807, 2.05) is 25.1 Å². The monoisotopic (exact) mass is 419 g/mol. The van der Waals surface area contributed by atoms with E-state index >= 15 is 0 Å². The minimum absolute atomic E-state index is 0.0895. The van der Waals surface area contributed by atoms with Gasteiger partial charge in [-0.25, -0.2) is 0 Å². The van der Waals surface area contributed by atoms with E-state index < -0.39 is 0 Å². The number of nitrogens with zero attached hydrogens (tertiary/aromatic N) is 2. The fraction of sp³-hybridized carbons (Fsp3) is 0.190. The van der Waals surface area contributed by atoms with Gasteiger partial charge in [0.25, 0.3) is 0 Å². The van der Waals surface area contributed by atoms with Gasteiger partial charge in [0.15, 0.2) is 0 Å². The van der Waals surface area contributed by atoms with Crippen molar-refractivity contribution in [3.63, 3.8) is 0 Å². The van der Waals surface area contributed by atoms with Gasteiger partial charge < -0.3 is 0 Å². The minimum atomic E-state index is -0.322. The maximum atomic E-state index is 12.5. The van der Waals surface area contributed by atoms with Gasteiger partial charge in [-0.2, -0.15) is 0 Å². The van der Waals surface area contributed by atoms with Crippen LogP contribution in [0.25, 0.3) is 20.2 Å². The molecule has 142 valence electrons. The number of amides is 1. The third-order valence-corrected chi connectivity index (χ3v) is 6.35. The summed E-state index contributed by atoms with van der Waals surface area (Å²) in [5.41, 5.74) is 2.21. The fourth-order valence-corrected chi connectivity index (χ4v) is 4.93. The van der Waals surface area contributed by atoms with Crippen LogP contribution >= 0.6 is 22.9 Å². The van der Waals surface area contributed by atoms with Gasteiger partial charge in [-0.15, -0.1) is 0 Å². The van der Waals surface area contributed by atoms with Crippen LogP contribution in [0.4, 0.5) is 0 Å². The van der Waals surface area contributed by atoms with E-state index in [-0.39, 0.29) is 18.4 Å². The third kappa shape index (κ3) is 3.56. The zero-order valence-corrected chi connectivity index (χ0v) is 17.3. The molecule has 0 aliphatic carbocycles. The number of hydrogen-bond acceptors (Lipinski definition) is 5. The topological polar surface area (TPSA) is 65.4 Å². The summed E-state index contributed by atoms with van der Waals surface area (Å²) in [5, 5.41) is 14.7. The Morgan fingerprint density at radius 1 is 1.31 bits per heavy atom. The summed E-state index contributed by atoms with van der Waals surface area (Å²) in [7, 11) is 2.86. The molecular formula is C21H15BClN3O2S. The second kappa shape index (κ2) is 7.79. The predicted molar refractivity (Wildman–Crippen MR) is 118 cm³/mol. The van der Waals surface area contributed by atoms with E-state index in [1.54, 1.807) is 24.6 Å². The number of carbonyl (C=O) groups is 1.